The van der Waals surface area contributed by atoms with Gasteiger partial charge in [0, 0.05) is 23.8 Å². The summed E-state index contributed by atoms with van der Waals surface area (Å²) >= 11 is 5.79. The molecule has 0 aliphatic carbocycles. The zero-order chi connectivity index (χ0) is 17.2. The summed E-state index contributed by atoms with van der Waals surface area (Å²) in [6.07, 6.45) is 0.905. The second kappa shape index (κ2) is 6.79. The van der Waals surface area contributed by atoms with Crippen molar-refractivity contribution >= 4 is 23.3 Å². The van der Waals surface area contributed by atoms with Crippen LogP contribution in [0.15, 0.2) is 48.5 Å². The lowest BCUT2D eigenvalue weighted by Gasteiger charge is -2.38. The number of aliphatic hydroxyl groups is 1. The van der Waals surface area contributed by atoms with Gasteiger partial charge in [-0.25, -0.2) is 9.18 Å². The molecule has 6 heteroatoms. The first-order valence-corrected chi connectivity index (χ1v) is 8.14. The highest BCUT2D eigenvalue weighted by atomic mass is 35.5. The molecule has 0 spiro atoms. The quantitative estimate of drug-likeness (QED) is 0.862. The molecule has 1 fully saturated rings. The van der Waals surface area contributed by atoms with E-state index in [9.17, 15) is 14.3 Å². The maximum absolute atomic E-state index is 13.3. The molecule has 1 aliphatic rings. The molecule has 0 aromatic heterocycles. The second-order valence-electron chi connectivity index (χ2n) is 5.97. The molecule has 2 N–H and O–H groups in total. The monoisotopic (exact) mass is 348 g/mol. The molecule has 4 nitrogen and oxygen atoms in total. The molecular weight excluding hydrogens is 331 g/mol. The third kappa shape index (κ3) is 3.68. The Bertz CT molecular complexity index is 711. The first kappa shape index (κ1) is 16.7. The van der Waals surface area contributed by atoms with E-state index in [0.29, 0.717) is 31.6 Å². The molecule has 1 saturated heterocycles. The van der Waals surface area contributed by atoms with Gasteiger partial charge in [0.05, 0.1) is 5.60 Å². The van der Waals surface area contributed by atoms with E-state index in [1.807, 2.05) is 30.3 Å². The van der Waals surface area contributed by atoms with Gasteiger partial charge in [-0.2, -0.15) is 0 Å². The van der Waals surface area contributed by atoms with Crippen molar-refractivity contribution in [2.24, 2.45) is 0 Å². The molecule has 0 bridgehead atoms. The number of likely N-dealkylation sites (tertiary alicyclic amines) is 1. The Morgan fingerprint density at radius 2 is 1.83 bits per heavy atom. The fourth-order valence-corrected chi connectivity index (χ4v) is 3.17. The fraction of sp³-hybridized carbons (Fsp3) is 0.278. The molecule has 0 saturated carbocycles. The Hall–Kier alpha value is -2.11. The highest BCUT2D eigenvalue weighted by molar-refractivity contribution is 6.30. The van der Waals surface area contributed by atoms with Gasteiger partial charge in [0.25, 0.3) is 0 Å². The van der Waals surface area contributed by atoms with Gasteiger partial charge in [-0.05, 0) is 36.6 Å². The predicted molar refractivity (Wildman–Crippen MR) is 91.6 cm³/mol. The summed E-state index contributed by atoms with van der Waals surface area (Å²) in [4.78, 5) is 13.9. The van der Waals surface area contributed by atoms with E-state index in [1.165, 1.54) is 18.2 Å². The number of carbonyl (C=O) groups is 1. The van der Waals surface area contributed by atoms with Crippen LogP contribution >= 0.6 is 11.6 Å². The van der Waals surface area contributed by atoms with Crippen LogP contribution in [0.3, 0.4) is 0 Å². The Kier molecular flexibility index (Phi) is 4.73. The Labute approximate surface area is 144 Å². The normalized spacial score (nSPS) is 16.7. The molecule has 126 valence electrons. The van der Waals surface area contributed by atoms with Crippen LogP contribution in [0.5, 0.6) is 0 Å². The van der Waals surface area contributed by atoms with Gasteiger partial charge in [0.15, 0.2) is 0 Å². The standard InChI is InChI=1S/C18H18ClFN2O2/c19-14-10-15(20)12-16(11-14)21-17(23)22-8-6-18(24,7-9-22)13-4-2-1-3-5-13/h1-5,10-12,24H,6-9H2,(H,21,23). The van der Waals surface area contributed by atoms with Crippen LogP contribution < -0.4 is 5.32 Å². The molecule has 2 amide bonds. The van der Waals surface area contributed by atoms with Crippen LogP contribution in [-0.2, 0) is 5.60 Å². The fourth-order valence-electron chi connectivity index (χ4n) is 2.95. The summed E-state index contributed by atoms with van der Waals surface area (Å²) < 4.78 is 13.3. The molecule has 0 atom stereocenters. The van der Waals surface area contributed by atoms with Crippen molar-refractivity contribution in [3.05, 3.63) is 64.9 Å². The molecule has 1 aliphatic heterocycles. The number of rotatable bonds is 2. The topological polar surface area (TPSA) is 52.6 Å². The van der Waals surface area contributed by atoms with Crippen LogP contribution in [0.2, 0.25) is 5.02 Å². The third-order valence-electron chi connectivity index (χ3n) is 4.30. The Morgan fingerprint density at radius 1 is 1.17 bits per heavy atom. The van der Waals surface area contributed by atoms with Crippen molar-refractivity contribution in [2.75, 3.05) is 18.4 Å². The lowest BCUT2D eigenvalue weighted by Crippen LogP contribution is -2.46. The molecule has 2 aromatic rings. The van der Waals surface area contributed by atoms with E-state index in [4.69, 9.17) is 11.6 Å². The van der Waals surface area contributed by atoms with Crippen molar-refractivity contribution in [1.29, 1.82) is 0 Å². The number of hydrogen-bond acceptors (Lipinski definition) is 2. The number of benzene rings is 2. The Balaban J connectivity index is 1.63. The minimum absolute atomic E-state index is 0.224. The lowest BCUT2D eigenvalue weighted by molar-refractivity contribution is -0.0156. The van der Waals surface area contributed by atoms with Gasteiger partial charge in [0.1, 0.15) is 5.82 Å². The summed E-state index contributed by atoms with van der Waals surface area (Å²) in [7, 11) is 0. The lowest BCUT2D eigenvalue weighted by atomic mass is 9.84. The van der Waals surface area contributed by atoms with Crippen LogP contribution in [0.1, 0.15) is 18.4 Å². The molecule has 2 aromatic carbocycles. The number of amides is 2. The van der Waals surface area contributed by atoms with Crippen LogP contribution in [0.4, 0.5) is 14.9 Å². The van der Waals surface area contributed by atoms with Gasteiger partial charge < -0.3 is 15.3 Å². The van der Waals surface area contributed by atoms with Crippen molar-refractivity contribution < 1.29 is 14.3 Å². The number of carbonyl (C=O) groups excluding carboxylic acids is 1. The SMILES string of the molecule is O=C(Nc1cc(F)cc(Cl)c1)N1CCC(O)(c2ccccc2)CC1. The maximum atomic E-state index is 13.3. The highest BCUT2D eigenvalue weighted by Crippen LogP contribution is 2.32. The zero-order valence-corrected chi connectivity index (χ0v) is 13.8. The van der Waals surface area contributed by atoms with Gasteiger partial charge in [-0.3, -0.25) is 0 Å². The average molecular weight is 349 g/mol. The predicted octanol–water partition coefficient (Wildman–Crippen LogP) is 3.99. The summed E-state index contributed by atoms with van der Waals surface area (Å²) in [5, 5.41) is 13.6. The zero-order valence-electron chi connectivity index (χ0n) is 13.0. The molecule has 3 rings (SSSR count). The molecule has 0 unspecified atom stereocenters. The van der Waals surface area contributed by atoms with Gasteiger partial charge >= 0.3 is 6.03 Å². The van der Waals surface area contributed by atoms with Crippen molar-refractivity contribution in [3.63, 3.8) is 0 Å². The van der Waals surface area contributed by atoms with Crippen LogP contribution in [0, 0.1) is 5.82 Å². The minimum atomic E-state index is -0.916. The number of nitrogens with one attached hydrogen (secondary N) is 1. The summed E-state index contributed by atoms with van der Waals surface area (Å²) in [6, 6.07) is 13.0. The number of anilines is 1. The van der Waals surface area contributed by atoms with Gasteiger partial charge in [-0.15, -0.1) is 0 Å². The number of halogens is 2. The third-order valence-corrected chi connectivity index (χ3v) is 4.52. The first-order chi connectivity index (χ1) is 11.5. The van der Waals surface area contributed by atoms with E-state index >= 15 is 0 Å². The smallest absolute Gasteiger partial charge is 0.321 e. The van der Waals surface area contributed by atoms with Crippen LogP contribution in [0.25, 0.3) is 0 Å². The van der Waals surface area contributed by atoms with E-state index in [1.54, 1.807) is 4.90 Å². The van der Waals surface area contributed by atoms with E-state index in [0.717, 1.165) is 5.56 Å². The number of urea groups is 1. The number of nitrogens with zero attached hydrogens (tertiary/aromatic N) is 1. The largest absolute Gasteiger partial charge is 0.385 e. The van der Waals surface area contributed by atoms with E-state index in [2.05, 4.69) is 5.32 Å². The number of hydrogen-bond donors (Lipinski definition) is 2. The van der Waals surface area contributed by atoms with Gasteiger partial charge in [-0.1, -0.05) is 41.9 Å². The highest BCUT2D eigenvalue weighted by Gasteiger charge is 2.35. The van der Waals surface area contributed by atoms with Crippen molar-refractivity contribution in [1.82, 2.24) is 4.90 Å². The summed E-state index contributed by atoms with van der Waals surface area (Å²) in [5.41, 5.74) is 0.260. The van der Waals surface area contributed by atoms with E-state index < -0.39 is 11.4 Å². The summed E-state index contributed by atoms with van der Waals surface area (Å²) in [6.45, 7) is 0.834. The maximum Gasteiger partial charge on any atom is 0.321 e. The average Bonchev–Trinajstić information content (AvgIpc) is 2.55. The van der Waals surface area contributed by atoms with Crippen LogP contribution in [-0.4, -0.2) is 29.1 Å². The molecule has 1 heterocycles. The molecule has 0 radical (unpaired) electrons. The molecule has 24 heavy (non-hydrogen) atoms. The number of piperidine rings is 1. The van der Waals surface area contributed by atoms with Crippen molar-refractivity contribution in [2.45, 2.75) is 18.4 Å². The second-order valence-corrected chi connectivity index (χ2v) is 6.41. The minimum Gasteiger partial charge on any atom is -0.385 e. The Morgan fingerprint density at radius 3 is 2.46 bits per heavy atom. The molecular formula is C18H18ClFN2O2. The van der Waals surface area contributed by atoms with Crippen molar-refractivity contribution in [3.8, 4) is 0 Å². The summed E-state index contributed by atoms with van der Waals surface area (Å²) in [5.74, 6) is -0.505. The van der Waals surface area contributed by atoms with Gasteiger partial charge in [0.2, 0.25) is 0 Å². The first-order valence-electron chi connectivity index (χ1n) is 7.76. The van der Waals surface area contributed by atoms with E-state index in [-0.39, 0.29) is 11.1 Å².